The van der Waals surface area contributed by atoms with E-state index in [4.69, 9.17) is 0 Å². The smallest absolute Gasteiger partial charge is 0.363 e. The van der Waals surface area contributed by atoms with Crippen LogP contribution in [0, 0.1) is 11.3 Å². The highest BCUT2D eigenvalue weighted by atomic mass is 19.4. The average Bonchev–Trinajstić information content (AvgIpc) is 3.15. The number of rotatable bonds is 3. The number of halogens is 3. The van der Waals surface area contributed by atoms with Crippen molar-refractivity contribution in [2.75, 3.05) is 11.4 Å². The summed E-state index contributed by atoms with van der Waals surface area (Å²) < 4.78 is 41.8. The number of anilines is 1. The molecular weight excluding hydrogens is 399 g/mol. The molecule has 0 aliphatic carbocycles. The third-order valence-corrected chi connectivity index (χ3v) is 5.20. The fourth-order valence-corrected chi connectivity index (χ4v) is 3.73. The summed E-state index contributed by atoms with van der Waals surface area (Å²) >= 11 is 0. The molecule has 3 heterocycles. The molecule has 1 atom stereocenters. The van der Waals surface area contributed by atoms with Gasteiger partial charge in [0.1, 0.15) is 17.3 Å². The Bertz CT molecular complexity index is 1190. The van der Waals surface area contributed by atoms with Crippen molar-refractivity contribution < 1.29 is 13.2 Å². The van der Waals surface area contributed by atoms with Crippen LogP contribution in [-0.4, -0.2) is 31.7 Å². The number of aromatic amines is 1. The number of H-pyrrole nitrogens is 1. The van der Waals surface area contributed by atoms with Crippen molar-refractivity contribution in [3.63, 3.8) is 0 Å². The number of nitrogens with one attached hydrogen (secondary N) is 1. The first-order valence-electron chi connectivity index (χ1n) is 9.13. The highest BCUT2D eigenvalue weighted by molar-refractivity contribution is 5.57. The van der Waals surface area contributed by atoms with Crippen LogP contribution in [0.2, 0.25) is 0 Å². The number of hydrogen-bond donors (Lipinski definition) is 1. The summed E-state index contributed by atoms with van der Waals surface area (Å²) in [6.45, 7) is 2.36. The van der Waals surface area contributed by atoms with Crippen molar-refractivity contribution in [2.24, 2.45) is 0 Å². The highest BCUT2D eigenvalue weighted by Crippen LogP contribution is 2.36. The normalized spacial score (nSPS) is 14.8. The van der Waals surface area contributed by atoms with Gasteiger partial charge in [0, 0.05) is 13.0 Å². The van der Waals surface area contributed by atoms with Crippen molar-refractivity contribution in [3.05, 3.63) is 68.9 Å². The predicted octanol–water partition coefficient (Wildman–Crippen LogP) is 2.42. The summed E-state index contributed by atoms with van der Waals surface area (Å²) in [6, 6.07) is 6.63. The summed E-state index contributed by atoms with van der Waals surface area (Å²) in [5.74, 6) is 0. The Balaban J connectivity index is 1.67. The molecular formula is C19H16F3N7O. The molecule has 1 aliphatic heterocycles. The Morgan fingerprint density at radius 2 is 2.07 bits per heavy atom. The Morgan fingerprint density at radius 3 is 2.80 bits per heavy atom. The van der Waals surface area contributed by atoms with Crippen LogP contribution in [0.5, 0.6) is 0 Å². The molecule has 1 aliphatic rings. The van der Waals surface area contributed by atoms with Gasteiger partial charge in [-0.2, -0.15) is 23.5 Å². The summed E-state index contributed by atoms with van der Waals surface area (Å²) in [6.07, 6.45) is -2.63. The zero-order chi connectivity index (χ0) is 21.5. The van der Waals surface area contributed by atoms with Crippen LogP contribution in [-0.2, 0) is 19.1 Å². The van der Waals surface area contributed by atoms with Crippen molar-refractivity contribution >= 4 is 5.69 Å². The van der Waals surface area contributed by atoms with Gasteiger partial charge in [0.05, 0.1) is 35.7 Å². The van der Waals surface area contributed by atoms with Gasteiger partial charge < -0.3 is 4.90 Å². The Kier molecular flexibility index (Phi) is 4.77. The largest absolute Gasteiger partial charge is 0.416 e. The fraction of sp³-hybridized carbons (Fsp3) is 0.316. The second kappa shape index (κ2) is 7.29. The number of hydrogen-bond acceptors (Lipinski definition) is 6. The highest BCUT2D eigenvalue weighted by Gasteiger charge is 2.35. The average molecular weight is 415 g/mol. The van der Waals surface area contributed by atoms with E-state index in [1.54, 1.807) is 17.9 Å². The Hall–Kier alpha value is -3.68. The summed E-state index contributed by atoms with van der Waals surface area (Å²) in [7, 11) is 0. The van der Waals surface area contributed by atoms with E-state index in [0.29, 0.717) is 24.3 Å². The van der Waals surface area contributed by atoms with Crippen LogP contribution in [0.25, 0.3) is 0 Å². The molecule has 154 valence electrons. The minimum atomic E-state index is -4.47. The maximum Gasteiger partial charge on any atom is 0.416 e. The third-order valence-electron chi connectivity index (χ3n) is 5.20. The first-order chi connectivity index (χ1) is 14.3. The fourth-order valence-electron chi connectivity index (χ4n) is 3.73. The predicted molar refractivity (Wildman–Crippen MR) is 99.6 cm³/mol. The van der Waals surface area contributed by atoms with Gasteiger partial charge >= 0.3 is 6.18 Å². The van der Waals surface area contributed by atoms with E-state index in [-0.39, 0.29) is 17.7 Å². The maximum absolute atomic E-state index is 13.4. The molecule has 0 fully saturated rings. The van der Waals surface area contributed by atoms with Crippen LogP contribution in [0.3, 0.4) is 0 Å². The van der Waals surface area contributed by atoms with Gasteiger partial charge in [-0.3, -0.25) is 4.79 Å². The summed E-state index contributed by atoms with van der Waals surface area (Å²) in [5, 5.41) is 23.5. The van der Waals surface area contributed by atoms with Gasteiger partial charge in [-0.25, -0.2) is 9.78 Å². The van der Waals surface area contributed by atoms with E-state index in [1.807, 2.05) is 6.07 Å². The number of alkyl halides is 3. The zero-order valence-electron chi connectivity index (χ0n) is 15.8. The molecule has 11 heteroatoms. The molecule has 1 N–H and O–H groups in total. The summed E-state index contributed by atoms with van der Waals surface area (Å²) in [5.41, 5.74) is 0.485. The molecule has 8 nitrogen and oxygen atoms in total. The number of nitriles is 1. The summed E-state index contributed by atoms with van der Waals surface area (Å²) in [4.78, 5) is 13.6. The maximum atomic E-state index is 13.4. The van der Waals surface area contributed by atoms with Gasteiger partial charge in [0.25, 0.3) is 5.56 Å². The molecule has 3 aromatic rings. The van der Waals surface area contributed by atoms with E-state index in [0.717, 1.165) is 11.8 Å². The first kappa shape index (κ1) is 19.6. The molecule has 0 saturated carbocycles. The van der Waals surface area contributed by atoms with Crippen LogP contribution in [0.15, 0.2) is 35.3 Å². The lowest BCUT2D eigenvalue weighted by molar-refractivity contribution is -0.138. The standard InChI is InChI=1S/C19H16F3N7O/c1-11(12-4-2-3-5-14(12)19(20,21)22)29-16-6-7-28(10-15(16)25-27-29)17-9-24-26-18(30)13(17)8-23/h2-5,9,11H,6-7,10H2,1H3,(H,26,30). The van der Waals surface area contributed by atoms with Crippen molar-refractivity contribution in [2.45, 2.75) is 32.1 Å². The topological polar surface area (TPSA) is 103 Å². The molecule has 0 radical (unpaired) electrons. The van der Waals surface area contributed by atoms with E-state index < -0.39 is 23.3 Å². The lowest BCUT2D eigenvalue weighted by Gasteiger charge is -2.29. The van der Waals surface area contributed by atoms with Gasteiger partial charge in [-0.05, 0) is 18.6 Å². The minimum absolute atomic E-state index is 0.0479. The van der Waals surface area contributed by atoms with Crippen molar-refractivity contribution in [3.8, 4) is 6.07 Å². The molecule has 0 bridgehead atoms. The molecule has 1 aromatic carbocycles. The van der Waals surface area contributed by atoms with E-state index >= 15 is 0 Å². The number of aromatic nitrogens is 5. The number of benzene rings is 1. The van der Waals surface area contributed by atoms with E-state index in [9.17, 15) is 23.2 Å². The van der Waals surface area contributed by atoms with Crippen LogP contribution in [0.4, 0.5) is 18.9 Å². The second-order valence-electron chi connectivity index (χ2n) is 6.93. The molecule has 0 saturated heterocycles. The lowest BCUT2D eigenvalue weighted by Crippen LogP contribution is -2.33. The third kappa shape index (κ3) is 3.30. The Labute approximate surface area is 168 Å². The van der Waals surface area contributed by atoms with Crippen molar-refractivity contribution in [1.82, 2.24) is 25.2 Å². The molecule has 30 heavy (non-hydrogen) atoms. The number of fused-ring (bicyclic) bond motifs is 1. The Morgan fingerprint density at radius 1 is 1.30 bits per heavy atom. The lowest BCUT2D eigenvalue weighted by atomic mass is 10.00. The quantitative estimate of drug-likeness (QED) is 0.705. The van der Waals surface area contributed by atoms with Crippen LogP contribution in [0.1, 0.15) is 41.0 Å². The molecule has 1 unspecified atom stereocenters. The van der Waals surface area contributed by atoms with E-state index in [1.165, 1.54) is 23.0 Å². The monoisotopic (exact) mass is 415 g/mol. The second-order valence-corrected chi connectivity index (χ2v) is 6.93. The van der Waals surface area contributed by atoms with Gasteiger partial charge in [-0.1, -0.05) is 23.4 Å². The van der Waals surface area contributed by atoms with Gasteiger partial charge in [0.2, 0.25) is 0 Å². The van der Waals surface area contributed by atoms with Crippen molar-refractivity contribution in [1.29, 1.82) is 5.26 Å². The minimum Gasteiger partial charge on any atom is -0.363 e. The molecule has 0 spiro atoms. The SMILES string of the molecule is CC(c1ccccc1C(F)(F)F)n1nnc2c1CCN(c1cn[nH]c(=O)c1C#N)C2. The molecule has 2 aromatic heterocycles. The van der Waals surface area contributed by atoms with Crippen LogP contribution < -0.4 is 10.5 Å². The van der Waals surface area contributed by atoms with E-state index in [2.05, 4.69) is 20.5 Å². The first-order valence-corrected chi connectivity index (χ1v) is 9.13. The van der Waals surface area contributed by atoms with Crippen LogP contribution >= 0.6 is 0 Å². The van der Waals surface area contributed by atoms with Gasteiger partial charge in [-0.15, -0.1) is 5.10 Å². The van der Waals surface area contributed by atoms with Gasteiger partial charge in [0.15, 0.2) is 0 Å². The number of nitrogens with zero attached hydrogens (tertiary/aromatic N) is 6. The molecule has 4 rings (SSSR count). The molecule has 0 amide bonds. The zero-order valence-corrected chi connectivity index (χ0v) is 15.8.